The van der Waals surface area contributed by atoms with Gasteiger partial charge in [-0.05, 0) is 13.3 Å². The molecular formula is C18H21N5OS. The molecule has 0 saturated heterocycles. The van der Waals surface area contributed by atoms with Crippen LogP contribution >= 0.6 is 11.3 Å². The number of nitrogens with zero attached hydrogens (tertiary/aromatic N) is 4. The molecule has 0 radical (unpaired) electrons. The van der Waals surface area contributed by atoms with Crippen LogP contribution in [0.15, 0.2) is 30.3 Å². The van der Waals surface area contributed by atoms with E-state index in [0.29, 0.717) is 13.1 Å². The van der Waals surface area contributed by atoms with E-state index in [2.05, 4.69) is 22.3 Å². The van der Waals surface area contributed by atoms with Crippen molar-refractivity contribution in [2.45, 2.75) is 39.3 Å². The Labute approximate surface area is 150 Å². The highest BCUT2D eigenvalue weighted by Crippen LogP contribution is 2.29. The lowest BCUT2D eigenvalue weighted by Gasteiger charge is -2.28. The van der Waals surface area contributed by atoms with Crippen molar-refractivity contribution < 1.29 is 4.79 Å². The fourth-order valence-corrected chi connectivity index (χ4v) is 4.09. The first-order valence-electron chi connectivity index (χ1n) is 8.64. The summed E-state index contributed by atoms with van der Waals surface area (Å²) in [6.45, 7) is 5.45. The summed E-state index contributed by atoms with van der Waals surface area (Å²) in [5, 5.41) is 7.73. The lowest BCUT2D eigenvalue weighted by atomic mass is 10.2. The van der Waals surface area contributed by atoms with Gasteiger partial charge in [0.15, 0.2) is 5.82 Å². The number of amides is 2. The van der Waals surface area contributed by atoms with Gasteiger partial charge >= 0.3 is 6.03 Å². The minimum atomic E-state index is 0.0176. The minimum absolute atomic E-state index is 0.0176. The van der Waals surface area contributed by atoms with Gasteiger partial charge in [0.05, 0.1) is 12.2 Å². The molecule has 0 aliphatic carbocycles. The highest BCUT2D eigenvalue weighted by Gasteiger charge is 2.26. The first-order valence-corrected chi connectivity index (χ1v) is 9.45. The lowest BCUT2D eigenvalue weighted by molar-refractivity contribution is 0.189. The van der Waals surface area contributed by atoms with Crippen LogP contribution in [-0.4, -0.2) is 38.1 Å². The maximum Gasteiger partial charge on any atom is 0.317 e. The van der Waals surface area contributed by atoms with E-state index in [9.17, 15) is 4.79 Å². The number of aromatic nitrogens is 3. The van der Waals surface area contributed by atoms with Gasteiger partial charge in [-0.3, -0.25) is 0 Å². The summed E-state index contributed by atoms with van der Waals surface area (Å²) >= 11 is 1.63. The second kappa shape index (κ2) is 6.48. The Bertz CT molecular complexity index is 901. The van der Waals surface area contributed by atoms with Crippen molar-refractivity contribution in [1.29, 1.82) is 0 Å². The fourth-order valence-electron chi connectivity index (χ4n) is 2.98. The van der Waals surface area contributed by atoms with E-state index < -0.39 is 0 Å². The molecule has 0 bridgehead atoms. The number of hydrogen-bond acceptors (Lipinski definition) is 4. The topological polar surface area (TPSA) is 62.5 Å². The van der Waals surface area contributed by atoms with Gasteiger partial charge < -0.3 is 10.2 Å². The molecule has 2 amide bonds. The van der Waals surface area contributed by atoms with Crippen LogP contribution in [-0.2, 0) is 13.0 Å². The molecule has 2 aromatic heterocycles. The zero-order valence-electron chi connectivity index (χ0n) is 14.4. The van der Waals surface area contributed by atoms with E-state index in [1.54, 1.807) is 11.3 Å². The Hall–Kier alpha value is -2.41. The highest BCUT2D eigenvalue weighted by atomic mass is 32.1. The molecule has 0 fully saturated rings. The van der Waals surface area contributed by atoms with Crippen LogP contribution in [0.5, 0.6) is 0 Å². The molecule has 1 atom stereocenters. The SMILES string of the molecule is CCC(C)NC(=O)N1CCc2c(sc3nc(-c4ccccc4)nn23)C1. The van der Waals surface area contributed by atoms with Crippen LogP contribution in [0.25, 0.3) is 16.3 Å². The van der Waals surface area contributed by atoms with Crippen LogP contribution in [0.2, 0.25) is 0 Å². The molecule has 1 aliphatic heterocycles. The number of rotatable bonds is 3. The van der Waals surface area contributed by atoms with Gasteiger partial charge in [0, 0.05) is 29.4 Å². The standard InChI is InChI=1S/C18H21N5OS/c1-3-12(2)19-17(24)22-10-9-14-15(11-22)25-18-20-16(21-23(14)18)13-7-5-4-6-8-13/h4-8,12H,3,9-11H2,1-2H3,(H,19,24). The van der Waals surface area contributed by atoms with Crippen molar-refractivity contribution in [2.75, 3.05) is 6.54 Å². The molecule has 25 heavy (non-hydrogen) atoms. The van der Waals surface area contributed by atoms with Gasteiger partial charge in [-0.25, -0.2) is 9.31 Å². The average molecular weight is 355 g/mol. The van der Waals surface area contributed by atoms with Crippen molar-refractivity contribution in [3.8, 4) is 11.4 Å². The molecule has 3 aromatic rings. The Morgan fingerprint density at radius 2 is 2.16 bits per heavy atom. The summed E-state index contributed by atoms with van der Waals surface area (Å²) in [5.74, 6) is 0.756. The number of fused-ring (bicyclic) bond motifs is 3. The van der Waals surface area contributed by atoms with Gasteiger partial charge in [0.25, 0.3) is 0 Å². The van der Waals surface area contributed by atoms with Crippen LogP contribution in [0.4, 0.5) is 4.79 Å². The third-order valence-corrected chi connectivity index (χ3v) is 5.68. The first kappa shape index (κ1) is 16.1. The van der Waals surface area contributed by atoms with Crippen LogP contribution in [0, 0.1) is 0 Å². The summed E-state index contributed by atoms with van der Waals surface area (Å²) in [4.78, 5) is 21.0. The normalized spacial score (nSPS) is 15.2. The Kier molecular flexibility index (Phi) is 4.17. The average Bonchev–Trinajstić information content (AvgIpc) is 3.19. The number of hydrogen-bond donors (Lipinski definition) is 1. The molecule has 1 unspecified atom stereocenters. The Balaban J connectivity index is 1.57. The molecule has 3 heterocycles. The summed E-state index contributed by atoms with van der Waals surface area (Å²) in [7, 11) is 0. The molecule has 6 nitrogen and oxygen atoms in total. The summed E-state index contributed by atoms with van der Waals surface area (Å²) in [6.07, 6.45) is 1.74. The van der Waals surface area contributed by atoms with Crippen molar-refractivity contribution in [3.63, 3.8) is 0 Å². The summed E-state index contributed by atoms with van der Waals surface area (Å²) in [6, 6.07) is 10.2. The second-order valence-corrected chi connectivity index (χ2v) is 7.46. The molecule has 0 spiro atoms. The largest absolute Gasteiger partial charge is 0.336 e. The maximum atomic E-state index is 12.4. The van der Waals surface area contributed by atoms with Crippen molar-refractivity contribution in [2.24, 2.45) is 0 Å². The molecule has 4 rings (SSSR count). The highest BCUT2D eigenvalue weighted by molar-refractivity contribution is 7.17. The van der Waals surface area contributed by atoms with E-state index in [-0.39, 0.29) is 12.1 Å². The minimum Gasteiger partial charge on any atom is -0.336 e. The zero-order valence-corrected chi connectivity index (χ0v) is 15.2. The summed E-state index contributed by atoms with van der Waals surface area (Å²) in [5.41, 5.74) is 2.21. The van der Waals surface area contributed by atoms with E-state index in [1.807, 2.05) is 46.7 Å². The van der Waals surface area contributed by atoms with Gasteiger partial charge in [-0.2, -0.15) is 4.98 Å². The predicted octanol–water partition coefficient (Wildman–Crippen LogP) is 3.32. The second-order valence-electron chi connectivity index (χ2n) is 6.40. The quantitative estimate of drug-likeness (QED) is 0.784. The molecule has 1 N–H and O–H groups in total. The zero-order chi connectivity index (χ0) is 17.4. The number of urea groups is 1. The van der Waals surface area contributed by atoms with Gasteiger partial charge in [0.1, 0.15) is 0 Å². The third-order valence-electron chi connectivity index (χ3n) is 4.62. The van der Waals surface area contributed by atoms with Crippen LogP contribution < -0.4 is 5.32 Å². The Morgan fingerprint density at radius 3 is 2.92 bits per heavy atom. The van der Waals surface area contributed by atoms with Crippen molar-refractivity contribution in [1.82, 2.24) is 24.8 Å². The van der Waals surface area contributed by atoms with E-state index in [4.69, 9.17) is 0 Å². The van der Waals surface area contributed by atoms with E-state index >= 15 is 0 Å². The summed E-state index contributed by atoms with van der Waals surface area (Å²) < 4.78 is 1.95. The smallest absolute Gasteiger partial charge is 0.317 e. The molecule has 1 aromatic carbocycles. The maximum absolute atomic E-state index is 12.4. The van der Waals surface area contributed by atoms with Gasteiger partial charge in [0.2, 0.25) is 4.96 Å². The van der Waals surface area contributed by atoms with Gasteiger partial charge in [-0.15, -0.1) is 5.10 Å². The molecular weight excluding hydrogens is 334 g/mol. The van der Waals surface area contributed by atoms with Crippen molar-refractivity contribution >= 4 is 22.3 Å². The van der Waals surface area contributed by atoms with E-state index in [0.717, 1.165) is 29.2 Å². The van der Waals surface area contributed by atoms with Crippen LogP contribution in [0.3, 0.4) is 0 Å². The molecule has 7 heteroatoms. The lowest BCUT2D eigenvalue weighted by Crippen LogP contribution is -2.45. The van der Waals surface area contributed by atoms with Crippen LogP contribution in [0.1, 0.15) is 30.8 Å². The molecule has 1 aliphatic rings. The predicted molar refractivity (Wildman–Crippen MR) is 98.7 cm³/mol. The first-order chi connectivity index (χ1) is 12.2. The number of carbonyl (C=O) groups excluding carboxylic acids is 1. The number of benzene rings is 1. The Morgan fingerprint density at radius 1 is 1.36 bits per heavy atom. The monoisotopic (exact) mass is 355 g/mol. The number of nitrogens with one attached hydrogen (secondary N) is 1. The molecule has 0 saturated carbocycles. The molecule has 130 valence electrons. The fraction of sp³-hybridized carbons (Fsp3) is 0.389. The van der Waals surface area contributed by atoms with E-state index in [1.165, 1.54) is 10.6 Å². The third kappa shape index (κ3) is 3.00. The number of thiazole rings is 1. The van der Waals surface area contributed by atoms with Gasteiger partial charge in [-0.1, -0.05) is 48.6 Å². The van der Waals surface area contributed by atoms with Crippen molar-refractivity contribution in [3.05, 3.63) is 40.9 Å². The number of carbonyl (C=O) groups is 1.